The molecule has 184 valence electrons. The largest absolute Gasteiger partial charge is 0.459 e. The van der Waals surface area contributed by atoms with Gasteiger partial charge in [-0.05, 0) is 35.9 Å². The molecule has 3 heterocycles. The van der Waals surface area contributed by atoms with Crippen molar-refractivity contribution in [2.45, 2.75) is 24.6 Å². The number of fused-ring (bicyclic) bond motifs is 1. The van der Waals surface area contributed by atoms with E-state index < -0.39 is 36.5 Å². The summed E-state index contributed by atoms with van der Waals surface area (Å²) < 4.78 is 33.8. The van der Waals surface area contributed by atoms with Gasteiger partial charge in [-0.3, -0.25) is 4.57 Å². The number of alkyl halides is 1. The predicted molar refractivity (Wildman–Crippen MR) is 127 cm³/mol. The first kappa shape index (κ1) is 24.1. The molecule has 0 saturated carbocycles. The summed E-state index contributed by atoms with van der Waals surface area (Å²) in [5, 5.41) is -0.180. The molecular weight excluding hydrogens is 514 g/mol. The molecule has 0 spiro atoms. The number of imidazole rings is 1. The third kappa shape index (κ3) is 4.75. The van der Waals surface area contributed by atoms with Crippen LogP contribution in [0.15, 0.2) is 67.0 Å². The number of hydrogen-bond acceptors (Lipinski definition) is 8. The molecule has 1 aliphatic heterocycles. The van der Waals surface area contributed by atoms with E-state index in [9.17, 15) is 9.59 Å². The molecule has 0 aliphatic carbocycles. The molecule has 4 atom stereocenters. The molecule has 9 nitrogen and oxygen atoms in total. The number of carbonyl (C=O) groups excluding carboxylic acids is 2. The van der Waals surface area contributed by atoms with Crippen LogP contribution in [-0.4, -0.2) is 56.4 Å². The van der Waals surface area contributed by atoms with E-state index in [1.807, 2.05) is 0 Å². The zero-order valence-electron chi connectivity index (χ0n) is 18.3. The van der Waals surface area contributed by atoms with Gasteiger partial charge in [0.25, 0.3) is 0 Å². The Bertz CT molecular complexity index is 1410. The molecule has 4 unspecified atom stereocenters. The lowest BCUT2D eigenvalue weighted by atomic mass is 10.1. The van der Waals surface area contributed by atoms with Crippen LogP contribution in [-0.2, 0) is 14.2 Å². The second-order valence-electron chi connectivity index (χ2n) is 7.82. The van der Waals surface area contributed by atoms with Crippen LogP contribution in [0.1, 0.15) is 26.9 Å². The predicted octanol–water partition coefficient (Wildman–Crippen LogP) is 4.45. The van der Waals surface area contributed by atoms with Crippen molar-refractivity contribution >= 4 is 46.3 Å². The number of aromatic nitrogens is 4. The van der Waals surface area contributed by atoms with Gasteiger partial charge in [0.1, 0.15) is 18.2 Å². The Morgan fingerprint density at radius 3 is 2.28 bits per heavy atom. The highest BCUT2D eigenvalue weighted by Gasteiger charge is 2.50. The van der Waals surface area contributed by atoms with Crippen LogP contribution in [0.4, 0.5) is 4.39 Å². The quantitative estimate of drug-likeness (QED) is 0.204. The normalized spacial score (nSPS) is 21.4. The number of carbonyl (C=O) groups is 2. The van der Waals surface area contributed by atoms with E-state index in [-0.39, 0.29) is 33.8 Å². The highest BCUT2D eigenvalue weighted by molar-refractivity contribution is 6.35. The Hall–Kier alpha value is -3.60. The summed E-state index contributed by atoms with van der Waals surface area (Å²) in [7, 11) is 0. The maximum absolute atomic E-state index is 15.8. The molecule has 0 radical (unpaired) electrons. The number of halogens is 3. The van der Waals surface area contributed by atoms with Gasteiger partial charge in [0.15, 0.2) is 29.3 Å². The zero-order valence-corrected chi connectivity index (χ0v) is 19.8. The van der Waals surface area contributed by atoms with Crippen molar-refractivity contribution in [1.29, 1.82) is 0 Å². The average molecular weight is 531 g/mol. The van der Waals surface area contributed by atoms with Crippen molar-refractivity contribution in [3.8, 4) is 0 Å². The smallest absolute Gasteiger partial charge is 0.338 e. The molecule has 2 aromatic carbocycles. The molecule has 0 bridgehead atoms. The Morgan fingerprint density at radius 1 is 0.972 bits per heavy atom. The van der Waals surface area contributed by atoms with Gasteiger partial charge < -0.3 is 14.2 Å². The lowest BCUT2D eigenvalue weighted by Gasteiger charge is -2.19. The second-order valence-corrected chi connectivity index (χ2v) is 8.51. The summed E-state index contributed by atoms with van der Waals surface area (Å²) in [6, 6.07) is 16.4. The molecule has 1 aliphatic rings. The van der Waals surface area contributed by atoms with Crippen molar-refractivity contribution in [2.75, 3.05) is 6.61 Å². The van der Waals surface area contributed by atoms with Crippen LogP contribution in [0.2, 0.25) is 10.4 Å². The molecule has 1 fully saturated rings. The minimum absolute atomic E-state index is 0.0162. The first-order valence-corrected chi connectivity index (χ1v) is 11.5. The van der Waals surface area contributed by atoms with Crippen LogP contribution in [0.5, 0.6) is 0 Å². The van der Waals surface area contributed by atoms with E-state index in [1.165, 1.54) is 23.0 Å². The fourth-order valence-corrected chi connectivity index (χ4v) is 4.24. The SMILES string of the molecule is O=C(OCC1OC(n2cnc3c(Cl)nc(Cl)nc32)C(F)C1OC(=O)c1ccccc1)c1ccccc1. The number of nitrogens with zero attached hydrogens (tertiary/aromatic N) is 4. The standard InChI is InChI=1S/C24H17Cl2FN4O5/c25-19-17-20(30-24(26)29-19)31(12-28-17)21-16(27)18(36-23(33)14-9-5-2-6-10-14)15(35-21)11-34-22(32)13-7-3-1-4-8-13/h1-10,12,15-16,18,21H,11H2. The van der Waals surface area contributed by atoms with Crippen molar-refractivity contribution in [3.63, 3.8) is 0 Å². The summed E-state index contributed by atoms with van der Waals surface area (Å²) in [5.41, 5.74) is 0.854. The summed E-state index contributed by atoms with van der Waals surface area (Å²) in [4.78, 5) is 37.2. The van der Waals surface area contributed by atoms with Crippen LogP contribution in [0.3, 0.4) is 0 Å². The van der Waals surface area contributed by atoms with E-state index in [4.69, 9.17) is 37.4 Å². The second kappa shape index (κ2) is 10.2. The molecule has 36 heavy (non-hydrogen) atoms. The van der Waals surface area contributed by atoms with Crippen LogP contribution < -0.4 is 0 Å². The van der Waals surface area contributed by atoms with Gasteiger partial charge >= 0.3 is 11.9 Å². The van der Waals surface area contributed by atoms with E-state index in [0.717, 1.165) is 0 Å². The number of hydrogen-bond donors (Lipinski definition) is 0. The summed E-state index contributed by atoms with van der Waals surface area (Å²) in [6.07, 6.45) is -4.46. The van der Waals surface area contributed by atoms with Crippen LogP contribution in [0.25, 0.3) is 11.2 Å². The Kier molecular flexibility index (Phi) is 6.82. The van der Waals surface area contributed by atoms with Gasteiger partial charge in [0.2, 0.25) is 5.28 Å². The third-order valence-electron chi connectivity index (χ3n) is 5.53. The van der Waals surface area contributed by atoms with Gasteiger partial charge in [-0.25, -0.2) is 23.9 Å². The minimum Gasteiger partial charge on any atom is -0.459 e. The van der Waals surface area contributed by atoms with Gasteiger partial charge in [0.05, 0.1) is 17.5 Å². The average Bonchev–Trinajstić information content (AvgIpc) is 3.44. The molecule has 4 aromatic rings. The summed E-state index contributed by atoms with van der Waals surface area (Å²) in [6.45, 7) is -0.374. The minimum atomic E-state index is -1.87. The van der Waals surface area contributed by atoms with E-state index >= 15 is 4.39 Å². The fraction of sp³-hybridized carbons (Fsp3) is 0.208. The topological polar surface area (TPSA) is 105 Å². The van der Waals surface area contributed by atoms with Crippen molar-refractivity contribution in [1.82, 2.24) is 19.5 Å². The number of ether oxygens (including phenoxy) is 3. The van der Waals surface area contributed by atoms with Crippen molar-refractivity contribution in [3.05, 3.63) is 88.6 Å². The molecule has 2 aromatic heterocycles. The highest BCUT2D eigenvalue weighted by Crippen LogP contribution is 2.37. The van der Waals surface area contributed by atoms with Gasteiger partial charge in [0, 0.05) is 0 Å². The lowest BCUT2D eigenvalue weighted by molar-refractivity contribution is -0.0570. The third-order valence-corrected chi connectivity index (χ3v) is 5.97. The molecule has 12 heteroatoms. The maximum Gasteiger partial charge on any atom is 0.338 e. The van der Waals surface area contributed by atoms with Gasteiger partial charge in [-0.1, -0.05) is 48.0 Å². The molecule has 1 saturated heterocycles. The van der Waals surface area contributed by atoms with Crippen LogP contribution >= 0.6 is 23.2 Å². The number of rotatable bonds is 6. The van der Waals surface area contributed by atoms with E-state index in [2.05, 4.69) is 15.0 Å². The molecule has 0 amide bonds. The summed E-state index contributed by atoms with van der Waals surface area (Å²) >= 11 is 12.0. The van der Waals surface area contributed by atoms with E-state index in [0.29, 0.717) is 5.56 Å². The fourth-order valence-electron chi connectivity index (χ4n) is 3.82. The molecular formula is C24H17Cl2FN4O5. The Labute approximate surface area is 213 Å². The van der Waals surface area contributed by atoms with Crippen LogP contribution in [0, 0.1) is 0 Å². The Morgan fingerprint density at radius 2 is 1.61 bits per heavy atom. The highest BCUT2D eigenvalue weighted by atomic mass is 35.5. The Balaban J connectivity index is 1.42. The monoisotopic (exact) mass is 530 g/mol. The molecule has 0 N–H and O–H groups in total. The number of benzene rings is 2. The lowest BCUT2D eigenvalue weighted by Crippen LogP contribution is -2.37. The van der Waals surface area contributed by atoms with Gasteiger partial charge in [-0.2, -0.15) is 4.98 Å². The zero-order chi connectivity index (χ0) is 25.2. The molecule has 5 rings (SSSR count). The van der Waals surface area contributed by atoms with Crippen molar-refractivity contribution in [2.24, 2.45) is 0 Å². The first-order valence-electron chi connectivity index (χ1n) is 10.8. The maximum atomic E-state index is 15.8. The number of esters is 2. The first-order chi connectivity index (χ1) is 17.4. The van der Waals surface area contributed by atoms with Crippen molar-refractivity contribution < 1.29 is 28.2 Å². The van der Waals surface area contributed by atoms with Gasteiger partial charge in [-0.15, -0.1) is 0 Å². The van der Waals surface area contributed by atoms with E-state index in [1.54, 1.807) is 48.5 Å². The summed E-state index contributed by atoms with van der Waals surface area (Å²) in [5.74, 6) is -1.39.